The molecule has 2 amide bonds. The molecule has 0 aromatic carbocycles. The summed E-state index contributed by atoms with van der Waals surface area (Å²) in [5, 5.41) is 11.4. The summed E-state index contributed by atoms with van der Waals surface area (Å²) < 4.78 is 10.9. The van der Waals surface area contributed by atoms with E-state index in [0.717, 1.165) is 0 Å². The molecule has 124 valence electrons. The molecule has 7 heteroatoms. The van der Waals surface area contributed by atoms with Gasteiger partial charge < -0.3 is 24.5 Å². The van der Waals surface area contributed by atoms with Crippen LogP contribution in [0.4, 0.5) is 4.79 Å². The molecular weight excluding hydrogens is 288 g/mol. The van der Waals surface area contributed by atoms with Gasteiger partial charge in [-0.2, -0.15) is 0 Å². The minimum absolute atomic E-state index is 0.0980. The lowest BCUT2D eigenvalue weighted by Crippen LogP contribution is -2.41. The summed E-state index contributed by atoms with van der Waals surface area (Å²) >= 11 is 0. The highest BCUT2D eigenvalue weighted by molar-refractivity contribution is 5.75. The van der Waals surface area contributed by atoms with E-state index in [2.05, 4.69) is 5.32 Å². The number of carboxylic acid groups (broad SMARTS) is 1. The Morgan fingerprint density at radius 2 is 2.14 bits per heavy atom. The Bertz CT molecular complexity index is 459. The second-order valence-electron chi connectivity index (χ2n) is 5.51. The number of hydrogen-bond acceptors (Lipinski definition) is 4. The maximum Gasteiger partial charge on any atom is 0.317 e. The molecule has 0 aliphatic carbocycles. The van der Waals surface area contributed by atoms with Gasteiger partial charge in [0.25, 0.3) is 0 Å². The normalized spacial score (nSPS) is 12.2. The summed E-state index contributed by atoms with van der Waals surface area (Å²) in [6.45, 7) is 5.10. The van der Waals surface area contributed by atoms with Crippen molar-refractivity contribution in [2.75, 3.05) is 26.8 Å². The molecule has 0 radical (unpaired) electrons. The predicted octanol–water partition coefficient (Wildman–Crippen LogP) is 2.11. The van der Waals surface area contributed by atoms with Crippen LogP contribution < -0.4 is 5.32 Å². The Balaban J connectivity index is 2.56. The van der Waals surface area contributed by atoms with Gasteiger partial charge in [-0.15, -0.1) is 0 Å². The fraction of sp³-hybridized carbons (Fsp3) is 0.600. The van der Waals surface area contributed by atoms with Crippen LogP contribution in [-0.4, -0.2) is 48.8 Å². The van der Waals surface area contributed by atoms with Crippen molar-refractivity contribution >= 4 is 12.0 Å². The lowest BCUT2D eigenvalue weighted by molar-refractivity contribution is -0.137. The molecule has 1 heterocycles. The number of ether oxygens (including phenoxy) is 1. The van der Waals surface area contributed by atoms with Crippen molar-refractivity contribution in [3.63, 3.8) is 0 Å². The number of hydrogen-bond donors (Lipinski definition) is 2. The topological polar surface area (TPSA) is 92.0 Å². The number of nitrogens with one attached hydrogen (secondary N) is 1. The quantitative estimate of drug-likeness (QED) is 0.728. The summed E-state index contributed by atoms with van der Waals surface area (Å²) in [4.78, 5) is 24.0. The van der Waals surface area contributed by atoms with Crippen LogP contribution in [0, 0.1) is 5.92 Å². The molecule has 0 spiro atoms. The van der Waals surface area contributed by atoms with Crippen LogP contribution in [-0.2, 0) is 9.53 Å². The summed E-state index contributed by atoms with van der Waals surface area (Å²) in [5.74, 6) is 0.0532. The number of carboxylic acids is 1. The van der Waals surface area contributed by atoms with Gasteiger partial charge >= 0.3 is 12.0 Å². The summed E-state index contributed by atoms with van der Waals surface area (Å²) in [5.41, 5.74) is 0. The Morgan fingerprint density at radius 1 is 1.41 bits per heavy atom. The van der Waals surface area contributed by atoms with Gasteiger partial charge in [-0.05, 0) is 18.1 Å². The number of urea groups is 1. The molecule has 1 unspecified atom stereocenters. The molecule has 1 rings (SSSR count). The van der Waals surface area contributed by atoms with E-state index in [1.54, 1.807) is 19.2 Å². The van der Waals surface area contributed by atoms with Crippen LogP contribution in [0.2, 0.25) is 0 Å². The number of amides is 2. The van der Waals surface area contributed by atoms with Crippen LogP contribution in [0.15, 0.2) is 22.8 Å². The molecule has 2 N–H and O–H groups in total. The van der Waals surface area contributed by atoms with E-state index in [9.17, 15) is 9.59 Å². The number of carbonyl (C=O) groups is 2. The van der Waals surface area contributed by atoms with E-state index in [1.165, 1.54) is 11.2 Å². The van der Waals surface area contributed by atoms with Crippen molar-refractivity contribution in [1.29, 1.82) is 0 Å². The number of nitrogens with zero attached hydrogens (tertiary/aromatic N) is 1. The van der Waals surface area contributed by atoms with Crippen molar-refractivity contribution in [1.82, 2.24) is 10.2 Å². The van der Waals surface area contributed by atoms with Crippen LogP contribution in [0.1, 0.15) is 32.1 Å². The largest absolute Gasteiger partial charge is 0.481 e. The van der Waals surface area contributed by atoms with Crippen LogP contribution in [0.25, 0.3) is 0 Å². The predicted molar refractivity (Wildman–Crippen MR) is 80.5 cm³/mol. The lowest BCUT2D eigenvalue weighted by atomic mass is 10.2. The monoisotopic (exact) mass is 312 g/mol. The molecule has 0 bridgehead atoms. The van der Waals surface area contributed by atoms with Crippen molar-refractivity contribution in [2.24, 2.45) is 5.92 Å². The molecule has 0 saturated heterocycles. The highest BCUT2D eigenvalue weighted by Crippen LogP contribution is 2.15. The fourth-order valence-electron chi connectivity index (χ4n) is 1.73. The molecule has 0 aliphatic heterocycles. The Labute approximate surface area is 130 Å². The summed E-state index contributed by atoms with van der Waals surface area (Å²) in [7, 11) is 1.55. The minimum Gasteiger partial charge on any atom is -0.481 e. The summed E-state index contributed by atoms with van der Waals surface area (Å²) in [6, 6.07) is 2.73. The van der Waals surface area contributed by atoms with E-state index >= 15 is 0 Å². The van der Waals surface area contributed by atoms with Gasteiger partial charge in [0.1, 0.15) is 11.8 Å². The number of furan rings is 1. The Hall–Kier alpha value is -2.02. The van der Waals surface area contributed by atoms with Crippen LogP contribution in [0.3, 0.4) is 0 Å². The van der Waals surface area contributed by atoms with E-state index in [4.69, 9.17) is 14.3 Å². The van der Waals surface area contributed by atoms with Crippen LogP contribution in [0.5, 0.6) is 0 Å². The third kappa shape index (κ3) is 6.62. The van der Waals surface area contributed by atoms with E-state index in [-0.39, 0.29) is 19.0 Å². The van der Waals surface area contributed by atoms with Crippen molar-refractivity contribution in [2.45, 2.75) is 26.3 Å². The van der Waals surface area contributed by atoms with Crippen molar-refractivity contribution < 1.29 is 23.8 Å². The maximum atomic E-state index is 12.1. The standard InChI is InChI=1S/C15H24N2O5/c1-11(2)9-21-10-12(13-5-4-8-22-13)16-15(20)17(3)7-6-14(18)19/h4-5,8,11-12H,6-7,9-10H2,1-3H3,(H,16,20)(H,18,19). The third-order valence-electron chi connectivity index (χ3n) is 2.93. The van der Waals surface area contributed by atoms with Gasteiger partial charge in [0.05, 0.1) is 19.3 Å². The number of rotatable bonds is 9. The van der Waals surface area contributed by atoms with Crippen molar-refractivity contribution in [3.8, 4) is 0 Å². The Kier molecular flexibility index (Phi) is 7.45. The highest BCUT2D eigenvalue weighted by Gasteiger charge is 2.20. The first kappa shape index (κ1) is 18.0. The zero-order valence-corrected chi connectivity index (χ0v) is 13.2. The Morgan fingerprint density at radius 3 is 2.68 bits per heavy atom. The first-order valence-corrected chi connectivity index (χ1v) is 7.24. The molecule has 0 saturated carbocycles. The smallest absolute Gasteiger partial charge is 0.317 e. The molecule has 0 aliphatic rings. The summed E-state index contributed by atoms with van der Waals surface area (Å²) in [6.07, 6.45) is 1.43. The fourth-order valence-corrected chi connectivity index (χ4v) is 1.73. The second-order valence-corrected chi connectivity index (χ2v) is 5.51. The van der Waals surface area contributed by atoms with Gasteiger partial charge in [-0.25, -0.2) is 4.79 Å². The second kappa shape index (κ2) is 9.09. The zero-order valence-electron chi connectivity index (χ0n) is 13.2. The maximum absolute atomic E-state index is 12.1. The molecule has 1 atom stereocenters. The van der Waals surface area contributed by atoms with Gasteiger partial charge in [0, 0.05) is 20.2 Å². The van der Waals surface area contributed by atoms with E-state index in [0.29, 0.717) is 24.9 Å². The molecular formula is C15H24N2O5. The molecule has 1 aromatic rings. The lowest BCUT2D eigenvalue weighted by Gasteiger charge is -2.22. The number of aliphatic carboxylic acids is 1. The highest BCUT2D eigenvalue weighted by atomic mass is 16.5. The van der Waals surface area contributed by atoms with Gasteiger partial charge in [0.2, 0.25) is 0 Å². The molecule has 7 nitrogen and oxygen atoms in total. The van der Waals surface area contributed by atoms with Gasteiger partial charge in [-0.1, -0.05) is 13.8 Å². The first-order valence-electron chi connectivity index (χ1n) is 7.24. The first-order chi connectivity index (χ1) is 10.4. The average Bonchev–Trinajstić information content (AvgIpc) is 2.97. The zero-order chi connectivity index (χ0) is 16.5. The van der Waals surface area contributed by atoms with Crippen LogP contribution >= 0.6 is 0 Å². The molecule has 22 heavy (non-hydrogen) atoms. The van der Waals surface area contributed by atoms with E-state index in [1.807, 2.05) is 13.8 Å². The number of carbonyl (C=O) groups excluding carboxylic acids is 1. The molecule has 0 fully saturated rings. The molecule has 1 aromatic heterocycles. The van der Waals surface area contributed by atoms with Crippen molar-refractivity contribution in [3.05, 3.63) is 24.2 Å². The third-order valence-corrected chi connectivity index (χ3v) is 2.93. The van der Waals surface area contributed by atoms with Gasteiger partial charge in [-0.3, -0.25) is 4.79 Å². The minimum atomic E-state index is -0.942. The van der Waals surface area contributed by atoms with E-state index < -0.39 is 12.0 Å². The average molecular weight is 312 g/mol. The van der Waals surface area contributed by atoms with Gasteiger partial charge in [0.15, 0.2) is 0 Å². The SMILES string of the molecule is CC(C)COCC(NC(=O)N(C)CCC(=O)O)c1ccco1.